The molecule has 0 bridgehead atoms. The second-order valence-electron chi connectivity index (χ2n) is 9.36. The number of methoxy groups -OCH3 is 1. The van der Waals surface area contributed by atoms with Gasteiger partial charge >= 0.3 is 0 Å². The van der Waals surface area contributed by atoms with Gasteiger partial charge in [0, 0.05) is 24.9 Å². The van der Waals surface area contributed by atoms with Gasteiger partial charge in [-0.3, -0.25) is 4.79 Å². The van der Waals surface area contributed by atoms with Crippen molar-refractivity contribution in [2.75, 3.05) is 7.11 Å². The minimum absolute atomic E-state index is 0.0849. The van der Waals surface area contributed by atoms with Crippen molar-refractivity contribution in [1.29, 1.82) is 0 Å². The molecule has 1 N–H and O–H groups in total. The van der Waals surface area contributed by atoms with Crippen LogP contribution in [-0.4, -0.2) is 30.2 Å². The number of ether oxygens (including phenoxy) is 1. The van der Waals surface area contributed by atoms with E-state index in [0.29, 0.717) is 35.4 Å². The number of Topliss-reactive ketones (excluding diaryl/α,β-unsaturated/α-hetero) is 1. The van der Waals surface area contributed by atoms with Crippen LogP contribution >= 0.6 is 0 Å². The van der Waals surface area contributed by atoms with Gasteiger partial charge in [0.2, 0.25) is 0 Å². The molecule has 0 aliphatic heterocycles. The highest BCUT2D eigenvalue weighted by molar-refractivity contribution is 5.88. The maximum Gasteiger partial charge on any atom is 0.141 e. The number of aliphatic hydroxyl groups is 1. The second kappa shape index (κ2) is 5.29. The predicted molar refractivity (Wildman–Crippen MR) is 88.9 cm³/mol. The molecule has 130 valence electrons. The van der Waals surface area contributed by atoms with Gasteiger partial charge in [-0.05, 0) is 68.1 Å². The van der Waals surface area contributed by atoms with Gasteiger partial charge in [0.15, 0.2) is 0 Å². The maximum absolute atomic E-state index is 12.7. The van der Waals surface area contributed by atoms with Crippen molar-refractivity contribution < 1.29 is 14.6 Å². The first kappa shape index (κ1) is 16.1. The molecule has 0 aromatic heterocycles. The van der Waals surface area contributed by atoms with Gasteiger partial charge in [-0.1, -0.05) is 13.8 Å². The minimum Gasteiger partial charge on any atom is -0.393 e. The molecule has 4 saturated carbocycles. The number of carbonyl (C=O) groups excluding carboxylic acids is 1. The Kier molecular flexibility index (Phi) is 3.70. The smallest absolute Gasteiger partial charge is 0.141 e. The number of fused-ring (bicyclic) bond motifs is 5. The van der Waals surface area contributed by atoms with Crippen molar-refractivity contribution in [3.05, 3.63) is 0 Å². The molecule has 3 unspecified atom stereocenters. The lowest BCUT2D eigenvalue weighted by Gasteiger charge is -2.60. The molecule has 0 aromatic carbocycles. The highest BCUT2D eigenvalue weighted by Gasteiger charge is 2.63. The molecule has 0 saturated heterocycles. The van der Waals surface area contributed by atoms with Gasteiger partial charge < -0.3 is 9.84 Å². The molecule has 3 heteroatoms. The Labute approximate surface area is 140 Å². The van der Waals surface area contributed by atoms with Crippen LogP contribution in [0.5, 0.6) is 0 Å². The zero-order chi connectivity index (χ0) is 16.4. The van der Waals surface area contributed by atoms with Gasteiger partial charge in [0.1, 0.15) is 5.78 Å². The van der Waals surface area contributed by atoms with Gasteiger partial charge in [0.05, 0.1) is 12.2 Å². The summed E-state index contributed by atoms with van der Waals surface area (Å²) in [7, 11) is 1.79. The summed E-state index contributed by atoms with van der Waals surface area (Å²) in [5.41, 5.74) is 0.229. The molecule has 0 heterocycles. The van der Waals surface area contributed by atoms with Gasteiger partial charge in [-0.25, -0.2) is 0 Å². The number of carbonyl (C=O) groups is 1. The van der Waals surface area contributed by atoms with Crippen molar-refractivity contribution in [3.8, 4) is 0 Å². The van der Waals surface area contributed by atoms with Crippen molar-refractivity contribution in [2.45, 2.75) is 77.4 Å². The highest BCUT2D eigenvalue weighted by atomic mass is 16.5. The topological polar surface area (TPSA) is 46.5 Å². The molecule has 3 nitrogen and oxygen atoms in total. The molecule has 0 amide bonds. The van der Waals surface area contributed by atoms with Crippen molar-refractivity contribution >= 4 is 5.78 Å². The first-order valence-electron chi connectivity index (χ1n) is 9.64. The third kappa shape index (κ3) is 2.12. The van der Waals surface area contributed by atoms with E-state index in [4.69, 9.17) is 4.74 Å². The summed E-state index contributed by atoms with van der Waals surface area (Å²) in [4.78, 5) is 12.7. The summed E-state index contributed by atoms with van der Waals surface area (Å²) in [6.45, 7) is 4.70. The van der Waals surface area contributed by atoms with Crippen LogP contribution in [0.4, 0.5) is 0 Å². The first-order chi connectivity index (χ1) is 10.9. The summed E-state index contributed by atoms with van der Waals surface area (Å²) in [6, 6.07) is 0. The standard InChI is InChI=1S/C20H32O3/c1-19-8-6-13(21)10-12(19)4-5-14-15(19)7-9-20(2)17(22)11-16(23-3)18(14)20/h12-16,18,21H,4-11H2,1-3H3/t12?,13-,14+,15?,16+,18?,19-,20+/m1/s1. The van der Waals surface area contributed by atoms with E-state index < -0.39 is 0 Å². The molecule has 4 rings (SSSR count). The van der Waals surface area contributed by atoms with Crippen LogP contribution in [0.3, 0.4) is 0 Å². The van der Waals surface area contributed by atoms with E-state index >= 15 is 0 Å². The summed E-state index contributed by atoms with van der Waals surface area (Å²) in [6.07, 6.45) is 8.49. The van der Waals surface area contributed by atoms with Crippen molar-refractivity contribution in [3.63, 3.8) is 0 Å². The fourth-order valence-corrected chi connectivity index (χ4v) is 7.27. The normalized spacial score (nSPS) is 55.9. The van der Waals surface area contributed by atoms with Crippen LogP contribution in [0.1, 0.15) is 65.2 Å². The van der Waals surface area contributed by atoms with E-state index in [1.807, 2.05) is 0 Å². The Morgan fingerprint density at radius 1 is 1.13 bits per heavy atom. The molecule has 23 heavy (non-hydrogen) atoms. The SMILES string of the molecule is CO[C@H]1CC(=O)[C@]2(C)CCC3[C@H](CCC4C[C@H](O)CC[C@]43C)C12. The highest BCUT2D eigenvalue weighted by Crippen LogP contribution is 2.65. The van der Waals surface area contributed by atoms with E-state index in [1.165, 1.54) is 19.3 Å². The maximum atomic E-state index is 12.7. The van der Waals surface area contributed by atoms with Gasteiger partial charge in [-0.2, -0.15) is 0 Å². The van der Waals surface area contributed by atoms with Crippen LogP contribution < -0.4 is 0 Å². The lowest BCUT2D eigenvalue weighted by atomic mass is 9.45. The molecule has 4 aliphatic rings. The first-order valence-corrected chi connectivity index (χ1v) is 9.64. The second-order valence-corrected chi connectivity index (χ2v) is 9.36. The molecule has 4 fully saturated rings. The monoisotopic (exact) mass is 320 g/mol. The third-order valence-electron chi connectivity index (χ3n) is 8.62. The minimum atomic E-state index is -0.140. The number of hydrogen-bond acceptors (Lipinski definition) is 3. The zero-order valence-electron chi connectivity index (χ0n) is 14.9. The number of hydrogen-bond donors (Lipinski definition) is 1. The fraction of sp³-hybridized carbons (Fsp3) is 0.950. The van der Waals surface area contributed by atoms with E-state index in [-0.39, 0.29) is 17.6 Å². The Morgan fingerprint density at radius 2 is 1.91 bits per heavy atom. The van der Waals surface area contributed by atoms with Crippen LogP contribution in [0, 0.1) is 34.5 Å². The molecule has 4 aliphatic carbocycles. The number of ketones is 1. The Bertz CT molecular complexity index is 503. The predicted octanol–water partition coefficient (Wildman–Crippen LogP) is 3.58. The quantitative estimate of drug-likeness (QED) is 0.803. The summed E-state index contributed by atoms with van der Waals surface area (Å²) < 4.78 is 5.79. The van der Waals surface area contributed by atoms with Crippen molar-refractivity contribution in [1.82, 2.24) is 0 Å². The third-order valence-corrected chi connectivity index (χ3v) is 8.62. The molecular weight excluding hydrogens is 288 g/mol. The number of aliphatic hydroxyl groups excluding tert-OH is 1. The zero-order valence-corrected chi connectivity index (χ0v) is 14.9. The Hall–Kier alpha value is -0.410. The fourth-order valence-electron chi connectivity index (χ4n) is 7.27. The molecule has 8 atom stereocenters. The molecular formula is C20H32O3. The Balaban J connectivity index is 1.67. The van der Waals surface area contributed by atoms with Gasteiger partial charge in [-0.15, -0.1) is 0 Å². The number of rotatable bonds is 1. The lowest BCUT2D eigenvalue weighted by molar-refractivity contribution is -0.149. The molecule has 0 radical (unpaired) electrons. The average molecular weight is 320 g/mol. The van der Waals surface area contributed by atoms with E-state index in [9.17, 15) is 9.90 Å². The van der Waals surface area contributed by atoms with E-state index in [1.54, 1.807) is 7.11 Å². The molecule has 0 aromatic rings. The van der Waals surface area contributed by atoms with Crippen LogP contribution in [0.25, 0.3) is 0 Å². The largest absolute Gasteiger partial charge is 0.393 e. The summed E-state index contributed by atoms with van der Waals surface area (Å²) >= 11 is 0. The lowest BCUT2D eigenvalue weighted by Crippen LogP contribution is -2.55. The Morgan fingerprint density at radius 3 is 2.65 bits per heavy atom. The van der Waals surface area contributed by atoms with E-state index in [2.05, 4.69) is 13.8 Å². The van der Waals surface area contributed by atoms with Gasteiger partial charge in [0.25, 0.3) is 0 Å². The van der Waals surface area contributed by atoms with Crippen LogP contribution in [0.15, 0.2) is 0 Å². The molecule has 0 spiro atoms. The average Bonchev–Trinajstić information content (AvgIpc) is 2.79. The summed E-state index contributed by atoms with van der Waals surface area (Å²) in [5.74, 6) is 2.90. The van der Waals surface area contributed by atoms with Crippen LogP contribution in [0.2, 0.25) is 0 Å². The van der Waals surface area contributed by atoms with Crippen LogP contribution in [-0.2, 0) is 9.53 Å². The van der Waals surface area contributed by atoms with Crippen molar-refractivity contribution in [2.24, 2.45) is 34.5 Å². The van der Waals surface area contributed by atoms with E-state index in [0.717, 1.165) is 31.6 Å². The summed E-state index contributed by atoms with van der Waals surface area (Å²) in [5, 5.41) is 10.1.